The standard InChI is InChI=1S/C14H12N4S/c1-2-9(8-15-7-1)13-17-11-5-6-12(16-10-3-4-10)18-14(11)19-13/h1-2,5-8,10H,3-4H2,(H,16,18). The SMILES string of the molecule is c1cncc(-c2nc3ccc(NC4CC4)nc3s2)c1. The molecule has 1 aliphatic rings. The van der Waals surface area contributed by atoms with E-state index in [4.69, 9.17) is 0 Å². The van der Waals surface area contributed by atoms with E-state index in [-0.39, 0.29) is 0 Å². The fourth-order valence-electron chi connectivity index (χ4n) is 1.95. The van der Waals surface area contributed by atoms with Gasteiger partial charge in [-0.25, -0.2) is 9.97 Å². The number of rotatable bonds is 3. The molecule has 5 heteroatoms. The van der Waals surface area contributed by atoms with Crippen LogP contribution in [0.2, 0.25) is 0 Å². The van der Waals surface area contributed by atoms with E-state index < -0.39 is 0 Å². The van der Waals surface area contributed by atoms with Gasteiger partial charge >= 0.3 is 0 Å². The van der Waals surface area contributed by atoms with Crippen molar-refractivity contribution in [1.82, 2.24) is 15.0 Å². The molecule has 4 nitrogen and oxygen atoms in total. The lowest BCUT2D eigenvalue weighted by Crippen LogP contribution is -2.02. The molecule has 3 aromatic rings. The Hall–Kier alpha value is -2.01. The second-order valence-electron chi connectivity index (χ2n) is 4.70. The molecule has 19 heavy (non-hydrogen) atoms. The molecular formula is C14H12N4S. The summed E-state index contributed by atoms with van der Waals surface area (Å²) >= 11 is 1.61. The number of thiazole rings is 1. The van der Waals surface area contributed by atoms with Crippen LogP contribution in [0.5, 0.6) is 0 Å². The predicted molar refractivity (Wildman–Crippen MR) is 77.3 cm³/mol. The second-order valence-corrected chi connectivity index (χ2v) is 5.68. The lowest BCUT2D eigenvalue weighted by Gasteiger charge is -2.01. The van der Waals surface area contributed by atoms with Gasteiger partial charge < -0.3 is 5.32 Å². The van der Waals surface area contributed by atoms with Crippen LogP contribution in [-0.2, 0) is 0 Å². The maximum Gasteiger partial charge on any atom is 0.146 e. The highest BCUT2D eigenvalue weighted by atomic mass is 32.1. The molecule has 3 aromatic heterocycles. The van der Waals surface area contributed by atoms with E-state index in [2.05, 4.69) is 20.3 Å². The van der Waals surface area contributed by atoms with E-state index in [0.717, 1.165) is 26.7 Å². The molecule has 3 heterocycles. The number of fused-ring (bicyclic) bond motifs is 1. The zero-order chi connectivity index (χ0) is 12.7. The number of nitrogens with zero attached hydrogens (tertiary/aromatic N) is 3. The van der Waals surface area contributed by atoms with Gasteiger partial charge in [0.2, 0.25) is 0 Å². The van der Waals surface area contributed by atoms with Crippen molar-refractivity contribution >= 4 is 27.5 Å². The summed E-state index contributed by atoms with van der Waals surface area (Å²) in [5.74, 6) is 0.955. The van der Waals surface area contributed by atoms with Gasteiger partial charge in [-0.05, 0) is 37.1 Å². The Bertz CT molecular complexity index is 719. The highest BCUT2D eigenvalue weighted by Gasteiger charge is 2.21. The summed E-state index contributed by atoms with van der Waals surface area (Å²) in [6.07, 6.45) is 6.11. The fraction of sp³-hybridized carbons (Fsp3) is 0.214. The molecule has 94 valence electrons. The molecule has 0 radical (unpaired) electrons. The van der Waals surface area contributed by atoms with Gasteiger partial charge in [-0.3, -0.25) is 4.98 Å². The van der Waals surface area contributed by atoms with Crippen LogP contribution in [0.15, 0.2) is 36.7 Å². The Morgan fingerprint density at radius 3 is 2.89 bits per heavy atom. The molecule has 0 aromatic carbocycles. The number of hydrogen-bond acceptors (Lipinski definition) is 5. The van der Waals surface area contributed by atoms with Gasteiger partial charge in [0.25, 0.3) is 0 Å². The zero-order valence-corrected chi connectivity index (χ0v) is 11.0. The van der Waals surface area contributed by atoms with Crippen LogP contribution in [0, 0.1) is 0 Å². The molecular weight excluding hydrogens is 256 g/mol. The average Bonchev–Trinajstić information content (AvgIpc) is 3.16. The summed E-state index contributed by atoms with van der Waals surface area (Å²) in [7, 11) is 0. The van der Waals surface area contributed by atoms with Crippen LogP contribution in [-0.4, -0.2) is 21.0 Å². The van der Waals surface area contributed by atoms with Crippen LogP contribution in [0.25, 0.3) is 20.9 Å². The summed E-state index contributed by atoms with van der Waals surface area (Å²) < 4.78 is 0. The van der Waals surface area contributed by atoms with Crippen molar-refractivity contribution in [3.8, 4) is 10.6 Å². The van der Waals surface area contributed by atoms with Crippen molar-refractivity contribution in [2.75, 3.05) is 5.32 Å². The maximum absolute atomic E-state index is 4.63. The van der Waals surface area contributed by atoms with Crippen molar-refractivity contribution in [3.05, 3.63) is 36.7 Å². The van der Waals surface area contributed by atoms with E-state index >= 15 is 0 Å². The summed E-state index contributed by atoms with van der Waals surface area (Å²) in [5.41, 5.74) is 1.99. The summed E-state index contributed by atoms with van der Waals surface area (Å²) in [6, 6.07) is 8.61. The zero-order valence-electron chi connectivity index (χ0n) is 10.2. The molecule has 4 rings (SSSR count). The van der Waals surface area contributed by atoms with E-state index in [1.54, 1.807) is 17.5 Å². The van der Waals surface area contributed by atoms with Gasteiger partial charge in [0.15, 0.2) is 0 Å². The number of anilines is 1. The Kier molecular flexibility index (Phi) is 2.45. The summed E-state index contributed by atoms with van der Waals surface area (Å²) in [4.78, 5) is 14.3. The summed E-state index contributed by atoms with van der Waals surface area (Å²) in [5, 5.41) is 4.38. The van der Waals surface area contributed by atoms with Gasteiger partial charge in [0.1, 0.15) is 21.2 Å². The predicted octanol–water partition coefficient (Wildman–Crippen LogP) is 3.33. The topological polar surface area (TPSA) is 50.7 Å². The van der Waals surface area contributed by atoms with Crippen molar-refractivity contribution in [2.45, 2.75) is 18.9 Å². The Balaban J connectivity index is 1.74. The minimum absolute atomic E-state index is 0.621. The van der Waals surface area contributed by atoms with Crippen LogP contribution in [0.4, 0.5) is 5.82 Å². The Morgan fingerprint density at radius 2 is 2.11 bits per heavy atom. The third kappa shape index (κ3) is 2.17. The highest BCUT2D eigenvalue weighted by molar-refractivity contribution is 7.21. The average molecular weight is 268 g/mol. The van der Waals surface area contributed by atoms with Crippen LogP contribution in [0.3, 0.4) is 0 Å². The third-order valence-electron chi connectivity index (χ3n) is 3.09. The van der Waals surface area contributed by atoms with Crippen molar-refractivity contribution in [2.24, 2.45) is 0 Å². The first-order valence-corrected chi connectivity index (χ1v) is 7.15. The molecule has 0 bridgehead atoms. The third-order valence-corrected chi connectivity index (χ3v) is 4.11. The van der Waals surface area contributed by atoms with Crippen molar-refractivity contribution in [3.63, 3.8) is 0 Å². The lowest BCUT2D eigenvalue weighted by molar-refractivity contribution is 1.13. The van der Waals surface area contributed by atoms with Crippen molar-refractivity contribution in [1.29, 1.82) is 0 Å². The molecule has 0 unspecified atom stereocenters. The van der Waals surface area contributed by atoms with Gasteiger partial charge in [-0.15, -0.1) is 0 Å². The summed E-state index contributed by atoms with van der Waals surface area (Å²) in [6.45, 7) is 0. The number of hydrogen-bond donors (Lipinski definition) is 1. The second kappa shape index (κ2) is 4.28. The number of pyridine rings is 2. The quantitative estimate of drug-likeness (QED) is 0.791. The fourth-order valence-corrected chi connectivity index (χ4v) is 2.88. The first-order chi connectivity index (χ1) is 9.38. The van der Waals surface area contributed by atoms with Crippen LogP contribution >= 0.6 is 11.3 Å². The minimum atomic E-state index is 0.621. The monoisotopic (exact) mass is 268 g/mol. The van der Waals surface area contributed by atoms with Crippen molar-refractivity contribution < 1.29 is 0 Å². The minimum Gasteiger partial charge on any atom is -0.367 e. The molecule has 0 atom stereocenters. The molecule has 1 N–H and O–H groups in total. The molecule has 1 fully saturated rings. The smallest absolute Gasteiger partial charge is 0.146 e. The first kappa shape index (κ1) is 10.9. The Labute approximate surface area is 114 Å². The largest absolute Gasteiger partial charge is 0.367 e. The normalized spacial score (nSPS) is 14.7. The lowest BCUT2D eigenvalue weighted by atomic mass is 10.3. The van der Waals surface area contributed by atoms with Gasteiger partial charge in [0.05, 0.1) is 0 Å². The van der Waals surface area contributed by atoms with E-state index in [1.807, 2.05) is 30.5 Å². The number of nitrogens with one attached hydrogen (secondary N) is 1. The van der Waals surface area contributed by atoms with Gasteiger partial charge in [-0.2, -0.15) is 0 Å². The van der Waals surface area contributed by atoms with E-state index in [1.165, 1.54) is 12.8 Å². The Morgan fingerprint density at radius 1 is 1.16 bits per heavy atom. The van der Waals surface area contributed by atoms with E-state index in [0.29, 0.717) is 6.04 Å². The van der Waals surface area contributed by atoms with Gasteiger partial charge in [0, 0.05) is 24.0 Å². The molecule has 0 spiro atoms. The van der Waals surface area contributed by atoms with Crippen LogP contribution in [0.1, 0.15) is 12.8 Å². The number of aromatic nitrogens is 3. The molecule has 1 aliphatic carbocycles. The van der Waals surface area contributed by atoms with Gasteiger partial charge in [-0.1, -0.05) is 11.3 Å². The molecule has 1 saturated carbocycles. The molecule has 0 saturated heterocycles. The van der Waals surface area contributed by atoms with E-state index in [9.17, 15) is 0 Å². The molecule has 0 amide bonds. The highest BCUT2D eigenvalue weighted by Crippen LogP contribution is 2.30. The van der Waals surface area contributed by atoms with Crippen LogP contribution < -0.4 is 5.32 Å². The maximum atomic E-state index is 4.63. The molecule has 0 aliphatic heterocycles. The first-order valence-electron chi connectivity index (χ1n) is 6.33.